The van der Waals surface area contributed by atoms with Crippen LogP contribution in [0.15, 0.2) is 66.9 Å². The Bertz CT molecular complexity index is 1190. The largest absolute Gasteiger partial charge is 0.394 e. The monoisotopic (exact) mass is 402 g/mol. The molecule has 0 spiro atoms. The lowest BCUT2D eigenvalue weighted by molar-refractivity contribution is -0.118. The molecule has 1 atom stereocenters. The van der Waals surface area contributed by atoms with Crippen molar-refractivity contribution < 1.29 is 14.7 Å². The highest BCUT2D eigenvalue weighted by atomic mass is 16.3. The Morgan fingerprint density at radius 3 is 2.53 bits per heavy atom. The Morgan fingerprint density at radius 2 is 1.77 bits per heavy atom. The minimum atomic E-state index is -1.18. The van der Waals surface area contributed by atoms with Crippen LogP contribution in [0, 0.1) is 0 Å². The van der Waals surface area contributed by atoms with Gasteiger partial charge in [-0.05, 0) is 17.7 Å². The van der Waals surface area contributed by atoms with E-state index in [4.69, 9.17) is 0 Å². The van der Waals surface area contributed by atoms with Gasteiger partial charge >= 0.3 is 0 Å². The molecule has 0 bridgehead atoms. The van der Waals surface area contributed by atoms with Crippen molar-refractivity contribution in [1.29, 1.82) is 0 Å². The number of nitrogens with one attached hydrogen (secondary N) is 3. The van der Waals surface area contributed by atoms with Gasteiger partial charge < -0.3 is 15.7 Å². The standard InChI is InChI=1S/C21H18N6O3/c28-12-18(24-20(29)17-11-22-14-8-4-5-9-15(14)23-17)21(30)25-19-10-16(26-27-19)13-6-2-1-3-7-13/h1-11,18,28H,12H2,(H,24,29)(H2,25,26,27,30)/t18-/m0/s1. The third-order valence-corrected chi connectivity index (χ3v) is 4.40. The molecular formula is C21H18N6O3. The molecule has 4 rings (SSSR count). The predicted molar refractivity (Wildman–Crippen MR) is 111 cm³/mol. The molecule has 4 aromatic rings. The van der Waals surface area contributed by atoms with Crippen molar-refractivity contribution in [1.82, 2.24) is 25.5 Å². The number of hydrogen-bond donors (Lipinski definition) is 4. The lowest BCUT2D eigenvalue weighted by atomic mass is 10.1. The maximum atomic E-state index is 12.5. The number of para-hydroxylation sites is 2. The molecule has 9 nitrogen and oxygen atoms in total. The number of aliphatic hydroxyl groups is 1. The van der Waals surface area contributed by atoms with Crippen LogP contribution < -0.4 is 10.6 Å². The highest BCUT2D eigenvalue weighted by Gasteiger charge is 2.22. The second-order valence-corrected chi connectivity index (χ2v) is 6.47. The molecular weight excluding hydrogens is 384 g/mol. The lowest BCUT2D eigenvalue weighted by Gasteiger charge is -2.15. The molecule has 30 heavy (non-hydrogen) atoms. The number of amides is 2. The van der Waals surface area contributed by atoms with Gasteiger partial charge in [0.05, 0.1) is 29.5 Å². The summed E-state index contributed by atoms with van der Waals surface area (Å²) in [6.07, 6.45) is 1.32. The molecule has 0 saturated carbocycles. The molecule has 0 aliphatic carbocycles. The highest BCUT2D eigenvalue weighted by Crippen LogP contribution is 2.19. The Hall–Kier alpha value is -4.11. The van der Waals surface area contributed by atoms with Gasteiger partial charge in [-0.15, -0.1) is 0 Å². The topological polar surface area (TPSA) is 133 Å². The molecule has 2 heterocycles. The van der Waals surface area contributed by atoms with Gasteiger partial charge in [0.2, 0.25) is 0 Å². The molecule has 0 radical (unpaired) electrons. The summed E-state index contributed by atoms with van der Waals surface area (Å²) >= 11 is 0. The summed E-state index contributed by atoms with van der Waals surface area (Å²) in [7, 11) is 0. The Morgan fingerprint density at radius 1 is 1.03 bits per heavy atom. The number of hydrogen-bond acceptors (Lipinski definition) is 6. The average molecular weight is 402 g/mol. The van der Waals surface area contributed by atoms with E-state index in [1.165, 1.54) is 6.20 Å². The number of carbonyl (C=O) groups excluding carboxylic acids is 2. The van der Waals surface area contributed by atoms with E-state index in [0.29, 0.717) is 11.0 Å². The SMILES string of the molecule is O=C(N[C@@H](CO)C(=O)Nc1cc(-c2ccccc2)[nH]n1)c1cnc2ccccc2n1. The van der Waals surface area contributed by atoms with Crippen molar-refractivity contribution >= 4 is 28.7 Å². The Kier molecular flexibility index (Phi) is 5.44. The van der Waals surface area contributed by atoms with E-state index in [0.717, 1.165) is 11.3 Å². The number of aromatic nitrogens is 4. The summed E-state index contributed by atoms with van der Waals surface area (Å²) in [6, 6.07) is 17.1. The summed E-state index contributed by atoms with van der Waals surface area (Å²) in [6.45, 7) is -0.589. The number of aliphatic hydroxyl groups excluding tert-OH is 1. The van der Waals surface area contributed by atoms with Crippen molar-refractivity contribution in [2.75, 3.05) is 11.9 Å². The highest BCUT2D eigenvalue weighted by molar-refractivity contribution is 6.00. The van der Waals surface area contributed by atoms with Gasteiger partial charge in [0, 0.05) is 6.07 Å². The van der Waals surface area contributed by atoms with E-state index < -0.39 is 24.5 Å². The van der Waals surface area contributed by atoms with Crippen molar-refractivity contribution in [3.63, 3.8) is 0 Å². The molecule has 4 N–H and O–H groups in total. The maximum absolute atomic E-state index is 12.5. The number of nitrogens with zero attached hydrogens (tertiary/aromatic N) is 3. The van der Waals surface area contributed by atoms with Crippen LogP contribution in [0.25, 0.3) is 22.3 Å². The molecule has 0 saturated heterocycles. The second-order valence-electron chi connectivity index (χ2n) is 6.47. The summed E-state index contributed by atoms with van der Waals surface area (Å²) in [5.41, 5.74) is 2.89. The first-order valence-corrected chi connectivity index (χ1v) is 9.19. The van der Waals surface area contributed by atoms with Gasteiger partial charge in [0.25, 0.3) is 11.8 Å². The minimum absolute atomic E-state index is 0.0473. The number of fused-ring (bicyclic) bond motifs is 1. The van der Waals surface area contributed by atoms with E-state index in [1.807, 2.05) is 36.4 Å². The van der Waals surface area contributed by atoms with Gasteiger partial charge in [0.15, 0.2) is 5.82 Å². The first kappa shape index (κ1) is 19.2. The quantitative estimate of drug-likeness (QED) is 0.388. The Labute approximate surface area is 171 Å². The molecule has 0 aliphatic heterocycles. The minimum Gasteiger partial charge on any atom is -0.394 e. The summed E-state index contributed by atoms with van der Waals surface area (Å²) < 4.78 is 0. The first-order valence-electron chi connectivity index (χ1n) is 9.19. The molecule has 2 aromatic carbocycles. The van der Waals surface area contributed by atoms with E-state index in [2.05, 4.69) is 30.8 Å². The fraction of sp³-hybridized carbons (Fsp3) is 0.0952. The number of carbonyl (C=O) groups is 2. The van der Waals surface area contributed by atoms with Crippen LogP contribution in [0.1, 0.15) is 10.5 Å². The number of anilines is 1. The van der Waals surface area contributed by atoms with Gasteiger partial charge in [-0.1, -0.05) is 42.5 Å². The fourth-order valence-corrected chi connectivity index (χ4v) is 2.86. The average Bonchev–Trinajstić information content (AvgIpc) is 3.26. The van der Waals surface area contributed by atoms with Crippen LogP contribution in [-0.2, 0) is 4.79 Å². The Balaban J connectivity index is 1.43. The van der Waals surface area contributed by atoms with Crippen molar-refractivity contribution in [3.8, 4) is 11.3 Å². The van der Waals surface area contributed by atoms with Gasteiger partial charge in [-0.2, -0.15) is 5.10 Å². The van der Waals surface area contributed by atoms with Crippen molar-refractivity contribution in [2.24, 2.45) is 0 Å². The van der Waals surface area contributed by atoms with Crippen molar-refractivity contribution in [2.45, 2.75) is 6.04 Å². The van der Waals surface area contributed by atoms with Crippen LogP contribution in [-0.4, -0.2) is 49.7 Å². The van der Waals surface area contributed by atoms with Crippen LogP contribution in [0.2, 0.25) is 0 Å². The predicted octanol–water partition coefficient (Wildman–Crippen LogP) is 1.75. The van der Waals surface area contributed by atoms with Crippen molar-refractivity contribution in [3.05, 3.63) is 72.6 Å². The third kappa shape index (κ3) is 4.15. The molecule has 9 heteroatoms. The van der Waals surface area contributed by atoms with E-state index in [-0.39, 0.29) is 11.5 Å². The molecule has 0 unspecified atom stereocenters. The fourth-order valence-electron chi connectivity index (χ4n) is 2.86. The zero-order chi connectivity index (χ0) is 20.9. The number of H-pyrrole nitrogens is 1. The maximum Gasteiger partial charge on any atom is 0.272 e. The van der Waals surface area contributed by atoms with Gasteiger partial charge in [-0.3, -0.25) is 19.7 Å². The number of aromatic amines is 1. The summed E-state index contributed by atoms with van der Waals surface area (Å²) in [5.74, 6) is -0.947. The summed E-state index contributed by atoms with van der Waals surface area (Å²) in [4.78, 5) is 33.4. The van der Waals surface area contributed by atoms with Gasteiger partial charge in [0.1, 0.15) is 11.7 Å². The zero-order valence-corrected chi connectivity index (χ0v) is 15.7. The number of benzene rings is 2. The van der Waals surface area contributed by atoms with E-state index in [9.17, 15) is 14.7 Å². The molecule has 0 fully saturated rings. The molecule has 0 aliphatic rings. The lowest BCUT2D eigenvalue weighted by Crippen LogP contribution is -2.46. The molecule has 150 valence electrons. The second kappa shape index (κ2) is 8.50. The van der Waals surface area contributed by atoms with Crippen LogP contribution in [0.4, 0.5) is 5.82 Å². The van der Waals surface area contributed by atoms with Crippen LogP contribution in [0.5, 0.6) is 0 Å². The van der Waals surface area contributed by atoms with Gasteiger partial charge in [-0.25, -0.2) is 4.98 Å². The normalized spacial score (nSPS) is 11.8. The summed E-state index contributed by atoms with van der Waals surface area (Å²) in [5, 5.41) is 21.5. The van der Waals surface area contributed by atoms with Crippen LogP contribution >= 0.6 is 0 Å². The third-order valence-electron chi connectivity index (χ3n) is 4.40. The number of rotatable bonds is 6. The molecule has 2 amide bonds. The first-order chi connectivity index (χ1) is 14.6. The van der Waals surface area contributed by atoms with Crippen LogP contribution in [0.3, 0.4) is 0 Å². The smallest absolute Gasteiger partial charge is 0.272 e. The van der Waals surface area contributed by atoms with E-state index >= 15 is 0 Å². The zero-order valence-electron chi connectivity index (χ0n) is 15.7. The molecule has 2 aromatic heterocycles. The van der Waals surface area contributed by atoms with E-state index in [1.54, 1.807) is 24.3 Å².